The molecule has 0 spiro atoms. The number of hydrogen-bond acceptors (Lipinski definition) is 6. The normalized spacial score (nSPS) is 14.3. The summed E-state index contributed by atoms with van der Waals surface area (Å²) in [5.74, 6) is 0.648. The molecule has 0 aliphatic carbocycles. The van der Waals surface area contributed by atoms with E-state index in [1.165, 1.54) is 12.0 Å². The second-order valence-corrected chi connectivity index (χ2v) is 10.2. The molecule has 1 fully saturated rings. The number of nitriles is 1. The standard InChI is InChI=1S/C26H18Br2N2O4S/c1-33-22-11-18(10-21(28)24(22)34-15-17-8-6-16(13-29)7-9-17)12-23-25(31)30(26(32)35-23)14-19-4-2-3-5-20(19)27/h2-12H,14-15H2,1H3/b23-12+. The van der Waals surface area contributed by atoms with Crippen molar-refractivity contribution in [2.24, 2.45) is 0 Å². The summed E-state index contributed by atoms with van der Waals surface area (Å²) >= 11 is 7.90. The molecule has 0 bridgehead atoms. The number of ether oxygens (including phenoxy) is 2. The van der Waals surface area contributed by atoms with Crippen LogP contribution in [0, 0.1) is 11.3 Å². The number of thioether (sulfide) groups is 1. The monoisotopic (exact) mass is 612 g/mol. The molecule has 2 amide bonds. The van der Waals surface area contributed by atoms with E-state index in [-0.39, 0.29) is 24.3 Å². The van der Waals surface area contributed by atoms with Crippen LogP contribution < -0.4 is 9.47 Å². The number of nitrogens with zero attached hydrogens (tertiary/aromatic N) is 2. The van der Waals surface area contributed by atoms with Crippen molar-refractivity contribution in [1.82, 2.24) is 4.90 Å². The maximum atomic E-state index is 13.0. The number of amides is 2. The van der Waals surface area contributed by atoms with E-state index in [1.54, 1.807) is 30.3 Å². The first-order valence-corrected chi connectivity index (χ1v) is 12.8. The van der Waals surface area contributed by atoms with Crippen LogP contribution in [0.3, 0.4) is 0 Å². The van der Waals surface area contributed by atoms with Gasteiger partial charge in [0.2, 0.25) is 0 Å². The van der Waals surface area contributed by atoms with Gasteiger partial charge in [0, 0.05) is 4.47 Å². The third kappa shape index (κ3) is 5.78. The molecule has 0 aromatic heterocycles. The highest BCUT2D eigenvalue weighted by molar-refractivity contribution is 9.10. The lowest BCUT2D eigenvalue weighted by Gasteiger charge is -2.14. The van der Waals surface area contributed by atoms with E-state index in [0.717, 1.165) is 27.4 Å². The van der Waals surface area contributed by atoms with Crippen LogP contribution >= 0.6 is 43.6 Å². The molecule has 9 heteroatoms. The first-order valence-electron chi connectivity index (χ1n) is 10.4. The lowest BCUT2D eigenvalue weighted by Crippen LogP contribution is -2.27. The van der Waals surface area contributed by atoms with Gasteiger partial charge in [-0.1, -0.05) is 46.3 Å². The van der Waals surface area contributed by atoms with Crippen LogP contribution in [0.2, 0.25) is 0 Å². The Balaban J connectivity index is 1.52. The van der Waals surface area contributed by atoms with Crippen molar-refractivity contribution < 1.29 is 19.1 Å². The summed E-state index contributed by atoms with van der Waals surface area (Å²) in [5.41, 5.74) is 3.02. The molecule has 6 nitrogen and oxygen atoms in total. The second-order valence-electron chi connectivity index (χ2n) is 7.49. The number of carbonyl (C=O) groups is 2. The minimum Gasteiger partial charge on any atom is -0.493 e. The Labute approximate surface area is 223 Å². The van der Waals surface area contributed by atoms with Gasteiger partial charge in [-0.2, -0.15) is 5.26 Å². The zero-order valence-corrected chi connectivity index (χ0v) is 22.4. The number of carbonyl (C=O) groups excluding carboxylic acids is 2. The summed E-state index contributed by atoms with van der Waals surface area (Å²) in [7, 11) is 1.53. The van der Waals surface area contributed by atoms with Gasteiger partial charge in [-0.05, 0) is 80.8 Å². The Morgan fingerprint density at radius 1 is 1.06 bits per heavy atom. The molecule has 176 valence electrons. The van der Waals surface area contributed by atoms with Gasteiger partial charge in [-0.3, -0.25) is 14.5 Å². The van der Waals surface area contributed by atoms with E-state index in [2.05, 4.69) is 37.9 Å². The Morgan fingerprint density at radius 2 is 1.80 bits per heavy atom. The van der Waals surface area contributed by atoms with E-state index >= 15 is 0 Å². The quantitative estimate of drug-likeness (QED) is 0.270. The zero-order valence-electron chi connectivity index (χ0n) is 18.5. The van der Waals surface area contributed by atoms with Crippen molar-refractivity contribution in [3.63, 3.8) is 0 Å². The number of benzene rings is 3. The predicted octanol–water partition coefficient (Wildman–Crippen LogP) is 6.91. The highest BCUT2D eigenvalue weighted by atomic mass is 79.9. The van der Waals surface area contributed by atoms with Gasteiger partial charge in [0.15, 0.2) is 11.5 Å². The van der Waals surface area contributed by atoms with Gasteiger partial charge in [-0.15, -0.1) is 0 Å². The molecule has 1 aliphatic heterocycles. The summed E-state index contributed by atoms with van der Waals surface area (Å²) in [6.45, 7) is 0.479. The number of imide groups is 1. The molecule has 4 rings (SSSR count). The van der Waals surface area contributed by atoms with Gasteiger partial charge in [0.1, 0.15) is 6.61 Å². The molecule has 3 aromatic rings. The Hall–Kier alpha value is -3.06. The summed E-state index contributed by atoms with van der Waals surface area (Å²) in [4.78, 5) is 27.1. The third-order valence-electron chi connectivity index (χ3n) is 5.18. The van der Waals surface area contributed by atoms with Crippen molar-refractivity contribution in [2.45, 2.75) is 13.2 Å². The highest BCUT2D eigenvalue weighted by Crippen LogP contribution is 2.40. The Kier molecular flexibility index (Phi) is 7.96. The van der Waals surface area contributed by atoms with Crippen molar-refractivity contribution in [3.8, 4) is 17.6 Å². The van der Waals surface area contributed by atoms with Crippen molar-refractivity contribution in [3.05, 3.63) is 96.8 Å². The molecule has 1 saturated heterocycles. The average molecular weight is 614 g/mol. The topological polar surface area (TPSA) is 79.6 Å². The van der Waals surface area contributed by atoms with E-state index in [1.807, 2.05) is 36.4 Å². The van der Waals surface area contributed by atoms with E-state index in [0.29, 0.717) is 32.0 Å². The zero-order chi connectivity index (χ0) is 24.9. The van der Waals surface area contributed by atoms with Crippen LogP contribution in [-0.4, -0.2) is 23.2 Å². The van der Waals surface area contributed by atoms with Gasteiger partial charge in [-0.25, -0.2) is 0 Å². The average Bonchev–Trinajstić information content (AvgIpc) is 3.12. The van der Waals surface area contributed by atoms with Crippen LogP contribution in [0.25, 0.3) is 6.08 Å². The molecule has 0 N–H and O–H groups in total. The number of hydrogen-bond donors (Lipinski definition) is 0. The van der Waals surface area contributed by atoms with Crippen LogP contribution in [0.5, 0.6) is 11.5 Å². The molecule has 0 saturated carbocycles. The molecule has 35 heavy (non-hydrogen) atoms. The molecule has 0 radical (unpaired) electrons. The number of rotatable bonds is 7. The molecule has 1 aliphatic rings. The minimum absolute atomic E-state index is 0.193. The predicted molar refractivity (Wildman–Crippen MR) is 142 cm³/mol. The molecular weight excluding hydrogens is 596 g/mol. The maximum Gasteiger partial charge on any atom is 0.293 e. The molecular formula is C26H18Br2N2O4S. The van der Waals surface area contributed by atoms with Crippen LogP contribution in [0.4, 0.5) is 4.79 Å². The summed E-state index contributed by atoms with van der Waals surface area (Å²) in [6, 6.07) is 20.3. The summed E-state index contributed by atoms with van der Waals surface area (Å²) in [6.07, 6.45) is 1.67. The van der Waals surface area contributed by atoms with Gasteiger partial charge in [0.25, 0.3) is 11.1 Å². The maximum absolute atomic E-state index is 13.0. The van der Waals surface area contributed by atoms with Gasteiger partial charge < -0.3 is 9.47 Å². The molecule has 1 heterocycles. The molecule has 3 aromatic carbocycles. The fourth-order valence-electron chi connectivity index (χ4n) is 3.38. The van der Waals surface area contributed by atoms with Gasteiger partial charge >= 0.3 is 0 Å². The lowest BCUT2D eigenvalue weighted by molar-refractivity contribution is -0.123. The Bertz CT molecular complexity index is 1370. The number of halogens is 2. The largest absolute Gasteiger partial charge is 0.493 e. The van der Waals surface area contributed by atoms with E-state index in [9.17, 15) is 9.59 Å². The highest BCUT2D eigenvalue weighted by Gasteiger charge is 2.35. The molecule has 0 atom stereocenters. The van der Waals surface area contributed by atoms with Gasteiger partial charge in [0.05, 0.1) is 34.7 Å². The van der Waals surface area contributed by atoms with Crippen LogP contribution in [0.15, 0.2) is 74.5 Å². The molecule has 0 unspecified atom stereocenters. The lowest BCUT2D eigenvalue weighted by atomic mass is 10.1. The fraction of sp³-hybridized carbons (Fsp3) is 0.115. The Morgan fingerprint density at radius 3 is 2.49 bits per heavy atom. The minimum atomic E-state index is -0.341. The third-order valence-corrected chi connectivity index (χ3v) is 7.45. The fourth-order valence-corrected chi connectivity index (χ4v) is 5.20. The van der Waals surface area contributed by atoms with E-state index in [4.69, 9.17) is 14.7 Å². The summed E-state index contributed by atoms with van der Waals surface area (Å²) in [5, 5.41) is 8.62. The number of methoxy groups -OCH3 is 1. The van der Waals surface area contributed by atoms with Crippen LogP contribution in [0.1, 0.15) is 22.3 Å². The van der Waals surface area contributed by atoms with Crippen molar-refractivity contribution >= 4 is 60.8 Å². The SMILES string of the molecule is COc1cc(/C=C2/SC(=O)N(Cc3ccccc3Br)C2=O)cc(Br)c1OCc1ccc(C#N)cc1. The first-order chi connectivity index (χ1) is 16.9. The second kappa shape index (κ2) is 11.1. The first kappa shape index (κ1) is 25.0. The van der Waals surface area contributed by atoms with Crippen molar-refractivity contribution in [2.75, 3.05) is 7.11 Å². The van der Waals surface area contributed by atoms with Crippen molar-refractivity contribution in [1.29, 1.82) is 5.26 Å². The smallest absolute Gasteiger partial charge is 0.293 e. The van der Waals surface area contributed by atoms with E-state index < -0.39 is 0 Å². The van der Waals surface area contributed by atoms with Crippen LogP contribution in [-0.2, 0) is 17.9 Å². The summed E-state index contributed by atoms with van der Waals surface area (Å²) < 4.78 is 13.0.